The minimum absolute atomic E-state index is 0.129. The van der Waals surface area contributed by atoms with Gasteiger partial charge in [-0.25, -0.2) is 4.98 Å². The van der Waals surface area contributed by atoms with E-state index in [9.17, 15) is 5.11 Å². The van der Waals surface area contributed by atoms with Crippen LogP contribution in [0, 0.1) is 18.3 Å². The van der Waals surface area contributed by atoms with E-state index >= 15 is 0 Å². The molecule has 0 unspecified atom stereocenters. The van der Waals surface area contributed by atoms with Crippen LogP contribution in [0.1, 0.15) is 11.3 Å². The van der Waals surface area contributed by atoms with Gasteiger partial charge in [-0.15, -0.1) is 0 Å². The van der Waals surface area contributed by atoms with Gasteiger partial charge in [-0.2, -0.15) is 5.26 Å². The average molecular weight is 261 g/mol. The van der Waals surface area contributed by atoms with Crippen molar-refractivity contribution in [1.29, 1.82) is 5.26 Å². The number of fused-ring (bicyclic) bond motifs is 1. The minimum atomic E-state index is 0.129. The van der Waals surface area contributed by atoms with Gasteiger partial charge in [-0.1, -0.05) is 12.1 Å². The van der Waals surface area contributed by atoms with E-state index in [0.29, 0.717) is 16.5 Å². The lowest BCUT2D eigenvalue weighted by Gasteiger charge is -2.06. The van der Waals surface area contributed by atoms with Crippen molar-refractivity contribution in [3.05, 3.63) is 53.9 Å². The summed E-state index contributed by atoms with van der Waals surface area (Å²) >= 11 is 0. The lowest BCUT2D eigenvalue weighted by atomic mass is 10.1. The Kier molecular flexibility index (Phi) is 2.81. The van der Waals surface area contributed by atoms with E-state index < -0.39 is 0 Å². The topological polar surface area (TPSA) is 69.8 Å². The van der Waals surface area contributed by atoms with Gasteiger partial charge in [-0.3, -0.25) is 4.98 Å². The number of nitriles is 1. The molecule has 0 spiro atoms. The molecule has 2 aromatic heterocycles. The molecule has 0 fully saturated rings. The van der Waals surface area contributed by atoms with Crippen LogP contribution in [0.4, 0.5) is 0 Å². The van der Waals surface area contributed by atoms with E-state index in [-0.39, 0.29) is 5.75 Å². The van der Waals surface area contributed by atoms with E-state index in [2.05, 4.69) is 16.0 Å². The molecule has 3 rings (SSSR count). The normalized spacial score (nSPS) is 10.4. The number of aryl methyl sites for hydroxylation is 1. The standard InChI is InChI=1S/C16H11N3O/c1-10-16-13(15(20)9-18-10)6-7-14(19-16)12-4-2-11(8-17)3-5-12/h2-7,9,20H,1H3. The fourth-order valence-corrected chi connectivity index (χ4v) is 2.11. The summed E-state index contributed by atoms with van der Waals surface area (Å²) in [6, 6.07) is 13.0. The average Bonchev–Trinajstić information content (AvgIpc) is 2.51. The maximum absolute atomic E-state index is 9.79. The van der Waals surface area contributed by atoms with Gasteiger partial charge in [0.2, 0.25) is 0 Å². The van der Waals surface area contributed by atoms with Crippen molar-refractivity contribution in [1.82, 2.24) is 9.97 Å². The summed E-state index contributed by atoms with van der Waals surface area (Å²) in [5, 5.41) is 19.3. The molecule has 1 N–H and O–H groups in total. The number of hydrogen-bond donors (Lipinski definition) is 1. The number of rotatable bonds is 1. The van der Waals surface area contributed by atoms with Crippen molar-refractivity contribution in [2.24, 2.45) is 0 Å². The van der Waals surface area contributed by atoms with Crippen LogP contribution in [0.15, 0.2) is 42.6 Å². The molecule has 2 heterocycles. The Morgan fingerprint density at radius 3 is 2.55 bits per heavy atom. The molecule has 0 saturated carbocycles. The van der Waals surface area contributed by atoms with Gasteiger partial charge in [0.1, 0.15) is 5.75 Å². The zero-order valence-electron chi connectivity index (χ0n) is 10.8. The monoisotopic (exact) mass is 261 g/mol. The highest BCUT2D eigenvalue weighted by atomic mass is 16.3. The van der Waals surface area contributed by atoms with Gasteiger partial charge in [-0.05, 0) is 31.2 Å². The second kappa shape index (κ2) is 4.63. The van der Waals surface area contributed by atoms with Gasteiger partial charge < -0.3 is 5.11 Å². The molecule has 96 valence electrons. The second-order valence-electron chi connectivity index (χ2n) is 4.51. The highest BCUT2D eigenvalue weighted by molar-refractivity contribution is 5.88. The summed E-state index contributed by atoms with van der Waals surface area (Å²) in [6.45, 7) is 1.86. The molecular weight excluding hydrogens is 250 g/mol. The van der Waals surface area contributed by atoms with Crippen molar-refractivity contribution in [3.63, 3.8) is 0 Å². The largest absolute Gasteiger partial charge is 0.506 e. The van der Waals surface area contributed by atoms with Crippen LogP contribution in [-0.2, 0) is 0 Å². The predicted octanol–water partition coefficient (Wildman–Crippen LogP) is 3.18. The fourth-order valence-electron chi connectivity index (χ4n) is 2.11. The Bertz CT molecular complexity index is 833. The van der Waals surface area contributed by atoms with E-state index in [0.717, 1.165) is 17.0 Å². The highest BCUT2D eigenvalue weighted by Gasteiger charge is 2.07. The van der Waals surface area contributed by atoms with Crippen LogP contribution in [0.25, 0.3) is 22.2 Å². The van der Waals surface area contributed by atoms with Crippen molar-refractivity contribution >= 4 is 10.9 Å². The Morgan fingerprint density at radius 2 is 1.85 bits per heavy atom. The zero-order valence-corrected chi connectivity index (χ0v) is 10.8. The second-order valence-corrected chi connectivity index (χ2v) is 4.51. The lowest BCUT2D eigenvalue weighted by Crippen LogP contribution is -1.91. The third kappa shape index (κ3) is 1.95. The Balaban J connectivity index is 2.17. The van der Waals surface area contributed by atoms with E-state index in [1.54, 1.807) is 12.1 Å². The lowest BCUT2D eigenvalue weighted by molar-refractivity contribution is 0.479. The number of benzene rings is 1. The van der Waals surface area contributed by atoms with Crippen LogP contribution in [-0.4, -0.2) is 15.1 Å². The molecular formula is C16H11N3O. The van der Waals surface area contributed by atoms with Crippen LogP contribution in [0.2, 0.25) is 0 Å². The van der Waals surface area contributed by atoms with E-state index in [4.69, 9.17) is 5.26 Å². The first-order chi connectivity index (χ1) is 9.69. The van der Waals surface area contributed by atoms with E-state index in [1.807, 2.05) is 31.2 Å². The molecule has 0 aliphatic heterocycles. The Labute approximate surface area is 116 Å². The zero-order chi connectivity index (χ0) is 14.1. The summed E-state index contributed by atoms with van der Waals surface area (Å²) in [4.78, 5) is 8.67. The maximum Gasteiger partial charge on any atom is 0.143 e. The molecule has 0 saturated heterocycles. The molecule has 0 bridgehead atoms. The van der Waals surface area contributed by atoms with Gasteiger partial charge in [0.25, 0.3) is 0 Å². The summed E-state index contributed by atoms with van der Waals surface area (Å²) < 4.78 is 0. The maximum atomic E-state index is 9.79. The summed E-state index contributed by atoms with van der Waals surface area (Å²) in [5.74, 6) is 0.129. The predicted molar refractivity (Wildman–Crippen MR) is 76.1 cm³/mol. The van der Waals surface area contributed by atoms with Crippen LogP contribution >= 0.6 is 0 Å². The number of pyridine rings is 2. The van der Waals surface area contributed by atoms with Crippen LogP contribution in [0.3, 0.4) is 0 Å². The van der Waals surface area contributed by atoms with Crippen molar-refractivity contribution in [3.8, 4) is 23.1 Å². The van der Waals surface area contributed by atoms with Crippen molar-refractivity contribution in [2.45, 2.75) is 6.92 Å². The first kappa shape index (κ1) is 12.1. The third-order valence-electron chi connectivity index (χ3n) is 3.20. The smallest absolute Gasteiger partial charge is 0.143 e. The quantitative estimate of drug-likeness (QED) is 0.730. The number of aromatic hydroxyl groups is 1. The third-order valence-corrected chi connectivity index (χ3v) is 3.20. The number of aromatic nitrogens is 2. The summed E-state index contributed by atoms with van der Waals surface area (Å²) in [6.07, 6.45) is 1.43. The molecule has 4 nitrogen and oxygen atoms in total. The van der Waals surface area contributed by atoms with Crippen LogP contribution < -0.4 is 0 Å². The van der Waals surface area contributed by atoms with Gasteiger partial charge >= 0.3 is 0 Å². The Morgan fingerprint density at radius 1 is 1.10 bits per heavy atom. The highest BCUT2D eigenvalue weighted by Crippen LogP contribution is 2.27. The molecule has 0 aliphatic carbocycles. The van der Waals surface area contributed by atoms with Gasteiger partial charge in [0.15, 0.2) is 0 Å². The molecule has 0 radical (unpaired) electrons. The fraction of sp³-hybridized carbons (Fsp3) is 0.0625. The first-order valence-electron chi connectivity index (χ1n) is 6.15. The molecule has 0 atom stereocenters. The van der Waals surface area contributed by atoms with Gasteiger partial charge in [0.05, 0.1) is 34.7 Å². The number of hydrogen-bond acceptors (Lipinski definition) is 4. The molecule has 3 aromatic rings. The Hall–Kier alpha value is -2.93. The van der Waals surface area contributed by atoms with Crippen molar-refractivity contribution in [2.75, 3.05) is 0 Å². The molecule has 0 amide bonds. The first-order valence-corrected chi connectivity index (χ1v) is 6.15. The van der Waals surface area contributed by atoms with Crippen LogP contribution in [0.5, 0.6) is 5.75 Å². The summed E-state index contributed by atoms with van der Waals surface area (Å²) in [5.41, 5.74) is 3.79. The van der Waals surface area contributed by atoms with Gasteiger partial charge in [0, 0.05) is 10.9 Å². The molecule has 20 heavy (non-hydrogen) atoms. The minimum Gasteiger partial charge on any atom is -0.506 e. The molecule has 4 heteroatoms. The summed E-state index contributed by atoms with van der Waals surface area (Å²) in [7, 11) is 0. The van der Waals surface area contributed by atoms with Crippen molar-refractivity contribution < 1.29 is 5.11 Å². The SMILES string of the molecule is Cc1ncc(O)c2ccc(-c3ccc(C#N)cc3)nc12. The molecule has 0 aliphatic rings. The van der Waals surface area contributed by atoms with E-state index in [1.165, 1.54) is 6.20 Å². The number of nitrogens with zero attached hydrogens (tertiary/aromatic N) is 3. The molecule has 1 aromatic carbocycles.